The van der Waals surface area contributed by atoms with Crippen molar-refractivity contribution in [2.24, 2.45) is 0 Å². The molecule has 1 N–H and O–H groups in total. The Labute approximate surface area is 156 Å². The normalized spacial score (nSPS) is 14.3. The lowest BCUT2D eigenvalue weighted by Crippen LogP contribution is -2.48. The van der Waals surface area contributed by atoms with E-state index in [0.29, 0.717) is 55.2 Å². The second-order valence-corrected chi connectivity index (χ2v) is 6.44. The number of benzene rings is 1. The minimum atomic E-state index is -0.215. The molecule has 1 aromatic heterocycles. The molecule has 2 aromatic rings. The van der Waals surface area contributed by atoms with Crippen molar-refractivity contribution in [2.75, 3.05) is 40.4 Å². The molecule has 0 saturated carbocycles. The zero-order valence-corrected chi connectivity index (χ0v) is 15.5. The molecule has 8 heteroatoms. The molecule has 0 bridgehead atoms. The van der Waals surface area contributed by atoms with E-state index >= 15 is 0 Å². The smallest absolute Gasteiger partial charge is 0.251 e. The van der Waals surface area contributed by atoms with Crippen molar-refractivity contribution in [2.45, 2.75) is 12.8 Å². The summed E-state index contributed by atoms with van der Waals surface area (Å²) < 4.78 is 10.6. The Hall–Kier alpha value is -3.03. The fourth-order valence-corrected chi connectivity index (χ4v) is 3.24. The summed E-state index contributed by atoms with van der Waals surface area (Å²) in [5.41, 5.74) is 0.987. The molecule has 1 aliphatic rings. The quantitative estimate of drug-likeness (QED) is 0.756. The molecule has 0 aliphatic carbocycles. The summed E-state index contributed by atoms with van der Waals surface area (Å²) >= 11 is 0. The highest BCUT2D eigenvalue weighted by Gasteiger charge is 2.20. The minimum absolute atomic E-state index is 0.00708. The van der Waals surface area contributed by atoms with Crippen molar-refractivity contribution in [3.05, 3.63) is 34.1 Å². The minimum Gasteiger partial charge on any atom is -0.493 e. The Kier molecular flexibility index (Phi) is 5.63. The third kappa shape index (κ3) is 4.05. The lowest BCUT2D eigenvalue weighted by atomic mass is 10.1. The first-order chi connectivity index (χ1) is 13.0. The van der Waals surface area contributed by atoms with Gasteiger partial charge < -0.3 is 24.3 Å². The van der Waals surface area contributed by atoms with Gasteiger partial charge in [-0.15, -0.1) is 0 Å². The summed E-state index contributed by atoms with van der Waals surface area (Å²) in [7, 11) is 3.09. The molecule has 144 valence electrons. The van der Waals surface area contributed by atoms with Crippen LogP contribution in [0.5, 0.6) is 11.5 Å². The molecule has 2 heterocycles. The molecule has 2 amide bonds. The van der Waals surface area contributed by atoms with Crippen molar-refractivity contribution < 1.29 is 19.1 Å². The summed E-state index contributed by atoms with van der Waals surface area (Å²) in [6.45, 7) is 2.16. The van der Waals surface area contributed by atoms with Gasteiger partial charge in [-0.05, 0) is 18.6 Å². The zero-order chi connectivity index (χ0) is 19.4. The predicted octanol–water partition coefficient (Wildman–Crippen LogP) is 0.778. The average molecular weight is 373 g/mol. The maximum Gasteiger partial charge on any atom is 0.251 e. The monoisotopic (exact) mass is 373 g/mol. The van der Waals surface area contributed by atoms with Crippen LogP contribution in [0.4, 0.5) is 0 Å². The Balaban J connectivity index is 1.73. The van der Waals surface area contributed by atoms with Crippen molar-refractivity contribution in [1.82, 2.24) is 14.8 Å². The number of piperazine rings is 1. The van der Waals surface area contributed by atoms with Crippen LogP contribution in [0.1, 0.15) is 12.0 Å². The Bertz CT molecular complexity index is 900. The summed E-state index contributed by atoms with van der Waals surface area (Å²) in [6, 6.07) is 5.30. The highest BCUT2D eigenvalue weighted by atomic mass is 16.5. The van der Waals surface area contributed by atoms with E-state index in [1.54, 1.807) is 35.1 Å². The number of hydrogen-bond donors (Lipinski definition) is 1. The molecule has 0 radical (unpaired) electrons. The van der Waals surface area contributed by atoms with Gasteiger partial charge in [0.05, 0.1) is 19.7 Å². The van der Waals surface area contributed by atoms with Gasteiger partial charge in [0, 0.05) is 49.6 Å². The van der Waals surface area contributed by atoms with E-state index in [-0.39, 0.29) is 17.9 Å². The maximum atomic E-state index is 12.4. The number of aryl methyl sites for hydroxylation is 1. The van der Waals surface area contributed by atoms with E-state index in [0.717, 1.165) is 11.8 Å². The van der Waals surface area contributed by atoms with E-state index < -0.39 is 0 Å². The van der Waals surface area contributed by atoms with Gasteiger partial charge in [0.25, 0.3) is 5.56 Å². The van der Waals surface area contributed by atoms with Gasteiger partial charge in [0.2, 0.25) is 12.3 Å². The SMILES string of the molecule is COc1cc2cc(CCC(=O)N3CCN(C=O)CC3)c(=O)[nH]c2cc1OC. The van der Waals surface area contributed by atoms with Gasteiger partial charge in [-0.3, -0.25) is 14.4 Å². The number of carbonyl (C=O) groups excluding carboxylic acids is 2. The summed E-state index contributed by atoms with van der Waals surface area (Å²) in [5, 5.41) is 0.814. The topological polar surface area (TPSA) is 91.9 Å². The molecule has 8 nitrogen and oxygen atoms in total. The third-order valence-electron chi connectivity index (χ3n) is 4.85. The van der Waals surface area contributed by atoms with Gasteiger partial charge in [0.1, 0.15) is 0 Å². The van der Waals surface area contributed by atoms with Crippen LogP contribution in [-0.4, -0.2) is 67.5 Å². The number of aromatic amines is 1. The predicted molar refractivity (Wildman–Crippen MR) is 100 cm³/mol. The molecule has 0 atom stereocenters. The average Bonchev–Trinajstić information content (AvgIpc) is 2.71. The number of nitrogens with one attached hydrogen (secondary N) is 1. The molecule has 1 fully saturated rings. The molecule has 0 unspecified atom stereocenters. The van der Waals surface area contributed by atoms with Crippen LogP contribution in [-0.2, 0) is 16.0 Å². The van der Waals surface area contributed by atoms with Crippen LogP contribution in [0.3, 0.4) is 0 Å². The molecule has 27 heavy (non-hydrogen) atoms. The van der Waals surface area contributed by atoms with E-state index in [9.17, 15) is 14.4 Å². The van der Waals surface area contributed by atoms with Gasteiger partial charge in [-0.2, -0.15) is 0 Å². The number of ether oxygens (including phenoxy) is 2. The van der Waals surface area contributed by atoms with Gasteiger partial charge in [-0.25, -0.2) is 0 Å². The summed E-state index contributed by atoms with van der Waals surface area (Å²) in [4.78, 5) is 41.7. The lowest BCUT2D eigenvalue weighted by Gasteiger charge is -2.32. The standard InChI is InChI=1S/C19H23N3O5/c1-26-16-10-14-9-13(19(25)20-15(14)11-17(16)27-2)3-4-18(24)22-7-5-21(12-23)6-8-22/h9-12H,3-8H2,1-2H3,(H,20,25). The number of amides is 2. The summed E-state index contributed by atoms with van der Waals surface area (Å²) in [6.07, 6.45) is 1.41. The molecular formula is C19H23N3O5. The second kappa shape index (κ2) is 8.11. The molecule has 1 aliphatic heterocycles. The summed E-state index contributed by atoms with van der Waals surface area (Å²) in [5.74, 6) is 1.11. The Morgan fingerprint density at radius 3 is 2.41 bits per heavy atom. The van der Waals surface area contributed by atoms with Gasteiger partial charge in [-0.1, -0.05) is 0 Å². The molecule has 1 aromatic carbocycles. The largest absolute Gasteiger partial charge is 0.493 e. The number of nitrogens with zero attached hydrogens (tertiary/aromatic N) is 2. The van der Waals surface area contributed by atoms with Gasteiger partial charge in [0.15, 0.2) is 11.5 Å². The fraction of sp³-hybridized carbons (Fsp3) is 0.421. The van der Waals surface area contributed by atoms with Crippen LogP contribution >= 0.6 is 0 Å². The number of aromatic nitrogens is 1. The van der Waals surface area contributed by atoms with Crippen molar-refractivity contribution in [3.63, 3.8) is 0 Å². The van der Waals surface area contributed by atoms with Crippen LogP contribution in [0.15, 0.2) is 23.0 Å². The van der Waals surface area contributed by atoms with Crippen LogP contribution in [0.2, 0.25) is 0 Å². The van der Waals surface area contributed by atoms with E-state index in [2.05, 4.69) is 4.98 Å². The van der Waals surface area contributed by atoms with Crippen molar-refractivity contribution in [1.29, 1.82) is 0 Å². The number of methoxy groups -OCH3 is 2. The Morgan fingerprint density at radius 2 is 1.78 bits per heavy atom. The maximum absolute atomic E-state index is 12.4. The second-order valence-electron chi connectivity index (χ2n) is 6.44. The third-order valence-corrected chi connectivity index (χ3v) is 4.85. The van der Waals surface area contributed by atoms with Crippen LogP contribution < -0.4 is 15.0 Å². The molecule has 0 spiro atoms. The number of hydrogen-bond acceptors (Lipinski definition) is 5. The number of pyridine rings is 1. The number of H-pyrrole nitrogens is 1. The van der Waals surface area contributed by atoms with Crippen LogP contribution in [0.25, 0.3) is 10.9 Å². The number of rotatable bonds is 6. The highest BCUT2D eigenvalue weighted by Crippen LogP contribution is 2.31. The van der Waals surface area contributed by atoms with Gasteiger partial charge >= 0.3 is 0 Å². The first-order valence-electron chi connectivity index (χ1n) is 8.80. The van der Waals surface area contributed by atoms with E-state index in [1.807, 2.05) is 0 Å². The molecule has 3 rings (SSSR count). The molecular weight excluding hydrogens is 350 g/mol. The lowest BCUT2D eigenvalue weighted by molar-refractivity contribution is -0.135. The van der Waals surface area contributed by atoms with Crippen molar-refractivity contribution >= 4 is 23.2 Å². The van der Waals surface area contributed by atoms with Crippen LogP contribution in [0, 0.1) is 0 Å². The number of fused-ring (bicyclic) bond motifs is 1. The van der Waals surface area contributed by atoms with E-state index in [4.69, 9.17) is 9.47 Å². The molecule has 1 saturated heterocycles. The van der Waals surface area contributed by atoms with E-state index in [1.165, 1.54) is 7.11 Å². The highest BCUT2D eigenvalue weighted by molar-refractivity contribution is 5.83. The fourth-order valence-electron chi connectivity index (χ4n) is 3.24. The first-order valence-corrected chi connectivity index (χ1v) is 8.80. The number of carbonyl (C=O) groups is 2. The van der Waals surface area contributed by atoms with Crippen molar-refractivity contribution in [3.8, 4) is 11.5 Å². The first kappa shape index (κ1) is 18.8. The zero-order valence-electron chi connectivity index (χ0n) is 15.5. The Morgan fingerprint density at radius 1 is 1.11 bits per heavy atom.